The van der Waals surface area contributed by atoms with E-state index in [9.17, 15) is 9.59 Å². The SMILES string of the molecule is CCC(=O)OC(C)(C)CC(=O)OC(CC)CC. The molecule has 0 radical (unpaired) electrons. The van der Waals surface area contributed by atoms with Crippen LogP contribution in [0.3, 0.4) is 0 Å². The lowest BCUT2D eigenvalue weighted by molar-refractivity contribution is -0.165. The zero-order valence-electron chi connectivity index (χ0n) is 11.5. The molecule has 4 heteroatoms. The van der Waals surface area contributed by atoms with Gasteiger partial charge in [0, 0.05) is 6.42 Å². The number of hydrogen-bond acceptors (Lipinski definition) is 4. The maximum absolute atomic E-state index is 11.6. The van der Waals surface area contributed by atoms with E-state index < -0.39 is 5.60 Å². The molecule has 0 atom stereocenters. The van der Waals surface area contributed by atoms with Gasteiger partial charge in [0.25, 0.3) is 0 Å². The molecular formula is C13H24O4. The Hall–Kier alpha value is -1.06. The highest BCUT2D eigenvalue weighted by atomic mass is 16.6. The normalized spacial score (nSPS) is 11.4. The standard InChI is InChI=1S/C13H24O4/c1-6-10(7-2)16-12(15)9-13(4,5)17-11(14)8-3/h10H,6-9H2,1-5H3. The van der Waals surface area contributed by atoms with Gasteiger partial charge in [0.05, 0.1) is 6.42 Å². The summed E-state index contributed by atoms with van der Waals surface area (Å²) in [6.07, 6.45) is 1.97. The minimum absolute atomic E-state index is 0.0415. The van der Waals surface area contributed by atoms with Crippen molar-refractivity contribution in [2.24, 2.45) is 0 Å². The van der Waals surface area contributed by atoms with Crippen molar-refractivity contribution in [3.05, 3.63) is 0 Å². The summed E-state index contributed by atoms with van der Waals surface area (Å²) in [4.78, 5) is 22.8. The summed E-state index contributed by atoms with van der Waals surface area (Å²) < 4.78 is 10.4. The van der Waals surface area contributed by atoms with E-state index in [0.717, 1.165) is 12.8 Å². The van der Waals surface area contributed by atoms with E-state index >= 15 is 0 Å². The lowest BCUT2D eigenvalue weighted by Crippen LogP contribution is -2.32. The summed E-state index contributed by atoms with van der Waals surface area (Å²) in [6, 6.07) is 0. The molecule has 4 nitrogen and oxygen atoms in total. The van der Waals surface area contributed by atoms with Gasteiger partial charge in [0.2, 0.25) is 0 Å². The first-order valence-electron chi connectivity index (χ1n) is 6.25. The summed E-state index contributed by atoms with van der Waals surface area (Å²) in [7, 11) is 0. The molecule has 0 saturated heterocycles. The van der Waals surface area contributed by atoms with Crippen LogP contribution in [0.25, 0.3) is 0 Å². The predicted octanol–water partition coefficient (Wildman–Crippen LogP) is 2.84. The Morgan fingerprint density at radius 2 is 1.59 bits per heavy atom. The van der Waals surface area contributed by atoms with Crippen molar-refractivity contribution < 1.29 is 19.1 Å². The van der Waals surface area contributed by atoms with Crippen LogP contribution < -0.4 is 0 Å². The van der Waals surface area contributed by atoms with Crippen molar-refractivity contribution >= 4 is 11.9 Å². The second-order valence-corrected chi connectivity index (χ2v) is 4.69. The fourth-order valence-corrected chi connectivity index (χ4v) is 1.45. The van der Waals surface area contributed by atoms with Crippen molar-refractivity contribution in [3.8, 4) is 0 Å². The minimum atomic E-state index is -0.795. The molecule has 0 aliphatic rings. The van der Waals surface area contributed by atoms with Crippen molar-refractivity contribution in [2.75, 3.05) is 0 Å². The summed E-state index contributed by atoms with van der Waals surface area (Å²) in [6.45, 7) is 9.11. The van der Waals surface area contributed by atoms with Gasteiger partial charge in [-0.2, -0.15) is 0 Å². The Morgan fingerprint density at radius 3 is 2.00 bits per heavy atom. The molecule has 0 rings (SSSR count). The average molecular weight is 244 g/mol. The fourth-order valence-electron chi connectivity index (χ4n) is 1.45. The quantitative estimate of drug-likeness (QED) is 0.646. The molecule has 17 heavy (non-hydrogen) atoms. The van der Waals surface area contributed by atoms with E-state index in [-0.39, 0.29) is 24.5 Å². The van der Waals surface area contributed by atoms with Crippen LogP contribution in [0.5, 0.6) is 0 Å². The summed E-state index contributed by atoms with van der Waals surface area (Å²) in [5, 5.41) is 0. The topological polar surface area (TPSA) is 52.6 Å². The van der Waals surface area contributed by atoms with Gasteiger partial charge in [-0.05, 0) is 26.7 Å². The first-order valence-corrected chi connectivity index (χ1v) is 6.25. The number of carbonyl (C=O) groups excluding carboxylic acids is 2. The van der Waals surface area contributed by atoms with E-state index in [1.165, 1.54) is 0 Å². The molecule has 0 aliphatic heterocycles. The molecule has 0 saturated carbocycles. The van der Waals surface area contributed by atoms with Crippen molar-refractivity contribution in [3.63, 3.8) is 0 Å². The van der Waals surface area contributed by atoms with Crippen molar-refractivity contribution in [1.29, 1.82) is 0 Å². The van der Waals surface area contributed by atoms with Crippen LogP contribution in [-0.4, -0.2) is 23.6 Å². The molecular weight excluding hydrogens is 220 g/mol. The van der Waals surface area contributed by atoms with Crippen LogP contribution in [0.1, 0.15) is 60.3 Å². The van der Waals surface area contributed by atoms with Gasteiger partial charge in [0.15, 0.2) is 0 Å². The van der Waals surface area contributed by atoms with E-state index in [1.807, 2.05) is 13.8 Å². The molecule has 0 bridgehead atoms. The lowest BCUT2D eigenvalue weighted by atomic mass is 10.1. The van der Waals surface area contributed by atoms with Gasteiger partial charge in [-0.3, -0.25) is 9.59 Å². The van der Waals surface area contributed by atoms with Gasteiger partial charge >= 0.3 is 11.9 Å². The number of hydrogen-bond donors (Lipinski definition) is 0. The summed E-state index contributed by atoms with van der Waals surface area (Å²) >= 11 is 0. The van der Waals surface area contributed by atoms with E-state index in [2.05, 4.69) is 0 Å². The minimum Gasteiger partial charge on any atom is -0.462 e. The highest BCUT2D eigenvalue weighted by molar-refractivity contribution is 5.73. The maximum Gasteiger partial charge on any atom is 0.310 e. The van der Waals surface area contributed by atoms with Gasteiger partial charge in [-0.15, -0.1) is 0 Å². The second-order valence-electron chi connectivity index (χ2n) is 4.69. The molecule has 0 spiro atoms. The van der Waals surface area contributed by atoms with E-state index in [0.29, 0.717) is 6.42 Å². The van der Waals surface area contributed by atoms with Crippen LogP contribution in [0.15, 0.2) is 0 Å². The van der Waals surface area contributed by atoms with Gasteiger partial charge in [0.1, 0.15) is 11.7 Å². The number of rotatable bonds is 7. The highest BCUT2D eigenvalue weighted by Gasteiger charge is 2.27. The van der Waals surface area contributed by atoms with Crippen molar-refractivity contribution in [2.45, 2.75) is 72.0 Å². The van der Waals surface area contributed by atoms with Gasteiger partial charge < -0.3 is 9.47 Å². The third kappa shape index (κ3) is 6.97. The number of esters is 2. The smallest absolute Gasteiger partial charge is 0.310 e. The van der Waals surface area contributed by atoms with Crippen LogP contribution in [0, 0.1) is 0 Å². The Bertz CT molecular complexity index is 254. The Kier molecular flexibility index (Phi) is 6.85. The zero-order valence-corrected chi connectivity index (χ0v) is 11.5. The van der Waals surface area contributed by atoms with Crippen molar-refractivity contribution in [1.82, 2.24) is 0 Å². The molecule has 0 fully saturated rings. The largest absolute Gasteiger partial charge is 0.462 e. The zero-order chi connectivity index (χ0) is 13.5. The Labute approximate surface area is 104 Å². The molecule has 0 aromatic heterocycles. The maximum atomic E-state index is 11.6. The fraction of sp³-hybridized carbons (Fsp3) is 0.846. The molecule has 100 valence electrons. The molecule has 0 heterocycles. The monoisotopic (exact) mass is 244 g/mol. The highest BCUT2D eigenvalue weighted by Crippen LogP contribution is 2.17. The molecule has 0 unspecified atom stereocenters. The summed E-state index contributed by atoms with van der Waals surface area (Å²) in [5.74, 6) is -0.613. The third-order valence-corrected chi connectivity index (χ3v) is 2.46. The molecule has 0 N–H and O–H groups in total. The average Bonchev–Trinajstić information content (AvgIpc) is 2.24. The first kappa shape index (κ1) is 15.9. The number of carbonyl (C=O) groups is 2. The van der Waals surface area contributed by atoms with Crippen LogP contribution in [0.2, 0.25) is 0 Å². The Morgan fingerprint density at radius 1 is 1.06 bits per heavy atom. The van der Waals surface area contributed by atoms with Crippen LogP contribution in [-0.2, 0) is 19.1 Å². The van der Waals surface area contributed by atoms with E-state index in [1.54, 1.807) is 20.8 Å². The van der Waals surface area contributed by atoms with Gasteiger partial charge in [-0.1, -0.05) is 20.8 Å². The predicted molar refractivity (Wildman–Crippen MR) is 65.5 cm³/mol. The molecule has 0 aliphatic carbocycles. The third-order valence-electron chi connectivity index (χ3n) is 2.46. The van der Waals surface area contributed by atoms with Crippen LogP contribution in [0.4, 0.5) is 0 Å². The lowest BCUT2D eigenvalue weighted by Gasteiger charge is -2.25. The van der Waals surface area contributed by atoms with Crippen LogP contribution >= 0.6 is 0 Å². The number of ether oxygens (including phenoxy) is 2. The molecule has 0 aromatic rings. The van der Waals surface area contributed by atoms with Gasteiger partial charge in [-0.25, -0.2) is 0 Å². The molecule has 0 aromatic carbocycles. The first-order chi connectivity index (χ1) is 7.84. The Balaban J connectivity index is 4.21. The van der Waals surface area contributed by atoms with E-state index in [4.69, 9.17) is 9.47 Å². The summed E-state index contributed by atoms with van der Waals surface area (Å²) in [5.41, 5.74) is -0.795. The second kappa shape index (κ2) is 7.30. The molecule has 0 amide bonds.